The van der Waals surface area contributed by atoms with Crippen LogP contribution >= 0.6 is 11.3 Å². The Morgan fingerprint density at radius 1 is 1.03 bits per heavy atom. The van der Waals surface area contributed by atoms with Crippen molar-refractivity contribution < 1.29 is 4.79 Å². The van der Waals surface area contributed by atoms with E-state index in [2.05, 4.69) is 41.0 Å². The number of carbonyl (C=O) groups is 1. The summed E-state index contributed by atoms with van der Waals surface area (Å²) in [4.78, 5) is 27.4. The largest absolute Gasteiger partial charge is 0.301 e. The molecule has 1 fully saturated rings. The first-order valence-electron chi connectivity index (χ1n) is 9.69. The van der Waals surface area contributed by atoms with E-state index in [0.717, 1.165) is 16.6 Å². The summed E-state index contributed by atoms with van der Waals surface area (Å²) in [5.41, 5.74) is 0.149. The molecule has 2 aliphatic carbocycles. The van der Waals surface area contributed by atoms with Crippen molar-refractivity contribution in [3.63, 3.8) is 0 Å². The number of hydrogen-bond donors (Lipinski definition) is 1. The molecule has 2 aliphatic rings. The molecule has 2 bridgehead atoms. The van der Waals surface area contributed by atoms with Crippen LogP contribution in [0.3, 0.4) is 0 Å². The maximum Gasteiger partial charge on any atom is 0.239 e. The van der Waals surface area contributed by atoms with Crippen LogP contribution in [0.15, 0.2) is 24.3 Å². The molecule has 1 saturated carbocycles. The lowest BCUT2D eigenvalue weighted by Crippen LogP contribution is -2.48. The van der Waals surface area contributed by atoms with Gasteiger partial charge in [-0.2, -0.15) is 10.5 Å². The zero-order chi connectivity index (χ0) is 21.3. The Hall–Kier alpha value is -3.36. The van der Waals surface area contributed by atoms with Gasteiger partial charge in [0.15, 0.2) is 16.5 Å². The lowest BCUT2D eigenvalue weighted by Gasteiger charge is -2.39. The molecule has 7 nitrogen and oxygen atoms in total. The number of benzene rings is 1. The lowest BCUT2D eigenvalue weighted by molar-refractivity contribution is -0.125. The molecule has 0 aliphatic heterocycles. The van der Waals surface area contributed by atoms with E-state index in [9.17, 15) is 15.3 Å². The topological polar surface area (TPSA) is 115 Å². The Labute approximate surface area is 177 Å². The molecule has 8 heteroatoms. The van der Waals surface area contributed by atoms with Crippen LogP contribution in [0.25, 0.3) is 10.2 Å². The highest BCUT2D eigenvalue weighted by Gasteiger charge is 2.73. The van der Waals surface area contributed by atoms with Crippen molar-refractivity contribution in [2.24, 2.45) is 5.41 Å². The molecule has 1 amide bonds. The first kappa shape index (κ1) is 18.7. The third kappa shape index (κ3) is 2.02. The van der Waals surface area contributed by atoms with E-state index >= 15 is 0 Å². The number of nitrogens with zero attached hydrogens (tertiary/aromatic N) is 5. The summed E-state index contributed by atoms with van der Waals surface area (Å²) >= 11 is 1.43. The minimum atomic E-state index is -0.943. The standard InChI is InChI=1S/C22H18N6OS/c1-20(2)21(3)8-9-22(20,17-16(21)25-13(10-23)14(11-24)26-17)18(29)28-19-27-12-6-4-5-7-15(12)30-19/h4-7H,8-9H2,1-3H3,(H,27,28,29). The van der Waals surface area contributed by atoms with Gasteiger partial charge in [0, 0.05) is 5.41 Å². The van der Waals surface area contributed by atoms with E-state index in [0.29, 0.717) is 22.9 Å². The van der Waals surface area contributed by atoms with Crippen molar-refractivity contribution in [3.05, 3.63) is 47.0 Å². The molecule has 0 radical (unpaired) electrons. The molecule has 0 saturated heterocycles. The van der Waals surface area contributed by atoms with Crippen molar-refractivity contribution >= 4 is 32.6 Å². The molecular formula is C22H18N6OS. The van der Waals surface area contributed by atoms with E-state index in [1.165, 1.54) is 11.3 Å². The lowest BCUT2D eigenvalue weighted by atomic mass is 9.63. The number of anilines is 1. The fourth-order valence-corrected chi connectivity index (χ4v) is 6.13. The predicted molar refractivity (Wildman–Crippen MR) is 112 cm³/mol. The number of rotatable bonds is 2. The minimum Gasteiger partial charge on any atom is -0.301 e. The van der Waals surface area contributed by atoms with Gasteiger partial charge >= 0.3 is 0 Å². The van der Waals surface area contributed by atoms with Crippen LogP contribution in [-0.2, 0) is 15.6 Å². The van der Waals surface area contributed by atoms with E-state index in [1.807, 2.05) is 36.4 Å². The Morgan fingerprint density at radius 2 is 1.70 bits per heavy atom. The Kier molecular flexibility index (Phi) is 3.63. The van der Waals surface area contributed by atoms with Gasteiger partial charge in [0.05, 0.1) is 27.0 Å². The molecule has 1 N–H and O–H groups in total. The highest BCUT2D eigenvalue weighted by Crippen LogP contribution is 2.70. The molecule has 2 aromatic heterocycles. The molecule has 148 valence electrons. The van der Waals surface area contributed by atoms with E-state index in [-0.39, 0.29) is 17.3 Å². The van der Waals surface area contributed by atoms with Gasteiger partial charge in [0.25, 0.3) is 0 Å². The van der Waals surface area contributed by atoms with Crippen molar-refractivity contribution in [2.45, 2.75) is 44.4 Å². The number of amides is 1. The number of hydrogen-bond acceptors (Lipinski definition) is 7. The molecule has 0 spiro atoms. The van der Waals surface area contributed by atoms with E-state index in [1.54, 1.807) is 0 Å². The first-order chi connectivity index (χ1) is 14.3. The molecular weight excluding hydrogens is 396 g/mol. The summed E-state index contributed by atoms with van der Waals surface area (Å²) in [6.07, 6.45) is 1.36. The normalized spacial score (nSPS) is 25.5. The Bertz CT molecular complexity index is 1300. The van der Waals surface area contributed by atoms with E-state index in [4.69, 9.17) is 0 Å². The minimum absolute atomic E-state index is 0.0163. The van der Waals surface area contributed by atoms with Gasteiger partial charge in [0.2, 0.25) is 5.91 Å². The van der Waals surface area contributed by atoms with Gasteiger partial charge in [-0.25, -0.2) is 15.0 Å². The third-order valence-corrected chi connectivity index (χ3v) is 8.33. The van der Waals surface area contributed by atoms with Crippen molar-refractivity contribution in [2.75, 3.05) is 5.32 Å². The zero-order valence-corrected chi connectivity index (χ0v) is 17.6. The SMILES string of the molecule is CC12CCC(C(=O)Nc3nc4ccccc4s3)(c3nc(C#N)c(C#N)nc31)C2(C)C. The summed E-state index contributed by atoms with van der Waals surface area (Å²) in [6.45, 7) is 6.19. The van der Waals surface area contributed by atoms with Crippen LogP contribution in [0, 0.1) is 28.1 Å². The maximum atomic E-state index is 13.8. The molecule has 3 aromatic rings. The van der Waals surface area contributed by atoms with Gasteiger partial charge in [0.1, 0.15) is 12.1 Å². The summed E-state index contributed by atoms with van der Waals surface area (Å²) < 4.78 is 0.998. The van der Waals surface area contributed by atoms with Crippen molar-refractivity contribution in [1.82, 2.24) is 15.0 Å². The smallest absolute Gasteiger partial charge is 0.239 e. The molecule has 5 rings (SSSR count). The van der Waals surface area contributed by atoms with Crippen LogP contribution in [0.4, 0.5) is 5.13 Å². The number of fused-ring (bicyclic) bond motifs is 6. The second kappa shape index (κ2) is 5.84. The number of nitrogens with one attached hydrogen (secondary N) is 1. The van der Waals surface area contributed by atoms with Crippen molar-refractivity contribution in [3.8, 4) is 12.1 Å². The van der Waals surface area contributed by atoms with Crippen LogP contribution in [0.1, 0.15) is 56.4 Å². The number of aromatic nitrogens is 3. The predicted octanol–water partition coefficient (Wildman–Crippen LogP) is 3.80. The van der Waals surface area contributed by atoms with Crippen LogP contribution in [-0.4, -0.2) is 20.9 Å². The monoisotopic (exact) mass is 414 g/mol. The van der Waals surface area contributed by atoms with Crippen molar-refractivity contribution in [1.29, 1.82) is 10.5 Å². The van der Waals surface area contributed by atoms with Gasteiger partial charge in [-0.05, 0) is 30.4 Å². The maximum absolute atomic E-state index is 13.8. The Morgan fingerprint density at radius 3 is 2.37 bits per heavy atom. The summed E-state index contributed by atoms with van der Waals surface area (Å²) in [7, 11) is 0. The molecule has 2 heterocycles. The molecule has 1 aromatic carbocycles. The average molecular weight is 414 g/mol. The zero-order valence-electron chi connectivity index (χ0n) is 16.8. The fraction of sp³-hybridized carbons (Fsp3) is 0.364. The van der Waals surface area contributed by atoms with E-state index < -0.39 is 16.2 Å². The first-order valence-corrected chi connectivity index (χ1v) is 10.5. The average Bonchev–Trinajstić information content (AvgIpc) is 3.28. The quantitative estimate of drug-likeness (QED) is 0.682. The van der Waals surface area contributed by atoms with Gasteiger partial charge in [-0.3, -0.25) is 4.79 Å². The summed E-state index contributed by atoms with van der Waals surface area (Å²) in [6, 6.07) is 11.7. The molecule has 30 heavy (non-hydrogen) atoms. The van der Waals surface area contributed by atoms with Crippen LogP contribution in [0.2, 0.25) is 0 Å². The van der Waals surface area contributed by atoms with Gasteiger partial charge in [-0.1, -0.05) is 44.2 Å². The summed E-state index contributed by atoms with van der Waals surface area (Å²) in [5, 5.41) is 22.4. The second-order valence-corrected chi connectivity index (χ2v) is 9.68. The number of nitriles is 2. The number of carbonyl (C=O) groups excluding carboxylic acids is 1. The van der Waals surface area contributed by atoms with Crippen LogP contribution in [0.5, 0.6) is 0 Å². The third-order valence-electron chi connectivity index (χ3n) is 7.38. The highest BCUT2D eigenvalue weighted by atomic mass is 32.1. The highest BCUT2D eigenvalue weighted by molar-refractivity contribution is 7.22. The second-order valence-electron chi connectivity index (χ2n) is 8.64. The molecule has 2 unspecified atom stereocenters. The summed E-state index contributed by atoms with van der Waals surface area (Å²) in [5.74, 6) is -0.183. The molecule has 2 atom stereocenters. The van der Waals surface area contributed by atoms with Gasteiger partial charge in [-0.15, -0.1) is 0 Å². The number of thiazole rings is 1. The Balaban J connectivity index is 1.66. The van der Waals surface area contributed by atoms with Crippen LogP contribution < -0.4 is 5.32 Å². The fourth-order valence-electron chi connectivity index (χ4n) is 5.27. The van der Waals surface area contributed by atoms with Gasteiger partial charge < -0.3 is 5.32 Å². The number of para-hydroxylation sites is 1.